The highest BCUT2D eigenvalue weighted by Crippen LogP contribution is 2.32. The number of furan rings is 1. The van der Waals surface area contributed by atoms with E-state index in [4.69, 9.17) is 21.8 Å². The smallest absolute Gasteiger partial charge is 0.288 e. The van der Waals surface area contributed by atoms with Gasteiger partial charge in [-0.3, -0.25) is 14.9 Å². The van der Waals surface area contributed by atoms with Crippen molar-refractivity contribution in [1.82, 2.24) is 15.4 Å². The van der Waals surface area contributed by atoms with Gasteiger partial charge in [-0.15, -0.1) is 11.3 Å². The number of nitro groups is 1. The Hall–Kier alpha value is -3.83. The first-order chi connectivity index (χ1) is 14.8. The highest BCUT2D eigenvalue weighted by atomic mass is 35.5. The Morgan fingerprint density at radius 3 is 2.90 bits per heavy atom. The second-order valence-corrected chi connectivity index (χ2v) is 7.73. The van der Waals surface area contributed by atoms with Crippen LogP contribution in [0.15, 0.2) is 46.2 Å². The lowest BCUT2D eigenvalue weighted by atomic mass is 10.1. The second kappa shape index (κ2) is 8.13. The van der Waals surface area contributed by atoms with E-state index in [9.17, 15) is 14.9 Å². The number of nitrogen functional groups attached to an aromatic ring is 1. The van der Waals surface area contributed by atoms with Crippen molar-refractivity contribution in [2.75, 3.05) is 5.73 Å². The molecule has 4 rings (SSSR count). The number of hydrogen-bond donors (Lipinski definition) is 2. The molecule has 0 spiro atoms. The first-order valence-electron chi connectivity index (χ1n) is 8.72. The van der Waals surface area contributed by atoms with Gasteiger partial charge < -0.3 is 10.2 Å². The van der Waals surface area contributed by atoms with E-state index in [0.29, 0.717) is 43.6 Å². The number of fused-ring (bicyclic) bond motifs is 1. The molecule has 12 heteroatoms. The summed E-state index contributed by atoms with van der Waals surface area (Å²) < 4.78 is 5.62. The Kier molecular flexibility index (Phi) is 5.36. The summed E-state index contributed by atoms with van der Waals surface area (Å²) in [4.78, 5) is 32.1. The van der Waals surface area contributed by atoms with Gasteiger partial charge in [0.1, 0.15) is 33.5 Å². The highest BCUT2D eigenvalue weighted by molar-refractivity contribution is 7.20. The fraction of sp³-hybridized carbons (Fsp3) is 0.0526. The predicted molar refractivity (Wildman–Crippen MR) is 117 cm³/mol. The maximum Gasteiger partial charge on any atom is 0.288 e. The molecule has 0 saturated carbocycles. The Bertz CT molecular complexity index is 1360. The van der Waals surface area contributed by atoms with Crippen molar-refractivity contribution >= 4 is 56.8 Å². The lowest BCUT2D eigenvalue weighted by Gasteiger charge is -1.99. The number of nitrogens with zero attached hydrogens (tertiary/aromatic N) is 4. The number of aryl methyl sites for hydroxylation is 1. The molecule has 10 nitrogen and oxygen atoms in total. The summed E-state index contributed by atoms with van der Waals surface area (Å²) in [7, 11) is 0. The quantitative estimate of drug-likeness (QED) is 0.260. The zero-order valence-electron chi connectivity index (χ0n) is 15.8. The standard InChI is InChI=1S/C19H13ClN6O4S/c1-9-15-17(21)22-8-23-19(15)31-16(9)18(27)25-24-7-11-3-5-14(30-11)10-2-4-12(20)13(6-10)26(28)29/h2-8H,1H3,(H,25,27)(H2,21,22,23)/b24-7-. The normalized spacial score (nSPS) is 11.3. The average Bonchev–Trinajstić information content (AvgIpc) is 3.33. The summed E-state index contributed by atoms with van der Waals surface area (Å²) >= 11 is 7.02. The van der Waals surface area contributed by atoms with Crippen molar-refractivity contribution < 1.29 is 14.1 Å². The SMILES string of the molecule is Cc1c(C(=O)N/N=C\c2ccc(-c3ccc(Cl)c([N+](=O)[O-])c3)o2)sc2ncnc(N)c12. The number of hydrazone groups is 1. The van der Waals surface area contributed by atoms with Gasteiger partial charge in [0.15, 0.2) is 0 Å². The molecular weight excluding hydrogens is 444 g/mol. The monoisotopic (exact) mass is 456 g/mol. The minimum absolute atomic E-state index is 0.0362. The van der Waals surface area contributed by atoms with E-state index in [1.165, 1.54) is 36.0 Å². The maximum absolute atomic E-state index is 12.5. The topological polar surface area (TPSA) is 150 Å². The molecular formula is C19H13ClN6O4S. The number of amides is 1. The first kappa shape index (κ1) is 20.4. The predicted octanol–water partition coefficient (Wildman–Crippen LogP) is 4.17. The fourth-order valence-electron chi connectivity index (χ4n) is 2.90. The van der Waals surface area contributed by atoms with E-state index in [-0.39, 0.29) is 10.7 Å². The van der Waals surface area contributed by atoms with Crippen LogP contribution in [0.25, 0.3) is 21.5 Å². The van der Waals surface area contributed by atoms with Crippen molar-refractivity contribution in [3.8, 4) is 11.3 Å². The summed E-state index contributed by atoms with van der Waals surface area (Å²) in [5.41, 5.74) is 9.24. The van der Waals surface area contributed by atoms with Crippen LogP contribution in [0.5, 0.6) is 0 Å². The molecule has 31 heavy (non-hydrogen) atoms. The Balaban J connectivity index is 1.50. The van der Waals surface area contributed by atoms with Crippen LogP contribution in [0, 0.1) is 17.0 Å². The van der Waals surface area contributed by atoms with Crippen LogP contribution in [0.3, 0.4) is 0 Å². The van der Waals surface area contributed by atoms with Gasteiger partial charge in [0.2, 0.25) is 0 Å². The molecule has 0 aliphatic carbocycles. The molecule has 0 fully saturated rings. The maximum atomic E-state index is 12.5. The molecule has 3 heterocycles. The Labute approximate surface area is 183 Å². The van der Waals surface area contributed by atoms with Gasteiger partial charge in [0, 0.05) is 11.6 Å². The number of hydrogen-bond acceptors (Lipinski definition) is 9. The van der Waals surface area contributed by atoms with Crippen LogP contribution >= 0.6 is 22.9 Å². The van der Waals surface area contributed by atoms with Crippen LogP contribution in [0.2, 0.25) is 5.02 Å². The molecule has 156 valence electrons. The summed E-state index contributed by atoms with van der Waals surface area (Å²) in [6.07, 6.45) is 2.67. The first-order valence-corrected chi connectivity index (χ1v) is 9.91. The minimum Gasteiger partial charge on any atom is -0.455 e. The van der Waals surface area contributed by atoms with E-state index in [0.717, 1.165) is 0 Å². The van der Waals surface area contributed by atoms with Gasteiger partial charge in [-0.25, -0.2) is 15.4 Å². The minimum atomic E-state index is -0.568. The Morgan fingerprint density at radius 1 is 1.35 bits per heavy atom. The number of carbonyl (C=O) groups excluding carboxylic acids is 1. The van der Waals surface area contributed by atoms with Gasteiger partial charge in [-0.2, -0.15) is 5.10 Å². The van der Waals surface area contributed by atoms with Gasteiger partial charge in [0.25, 0.3) is 11.6 Å². The zero-order chi connectivity index (χ0) is 22.1. The molecule has 0 radical (unpaired) electrons. The molecule has 0 atom stereocenters. The van der Waals surface area contributed by atoms with Crippen molar-refractivity contribution in [1.29, 1.82) is 0 Å². The molecule has 0 saturated heterocycles. The van der Waals surface area contributed by atoms with Crippen molar-refractivity contribution in [2.24, 2.45) is 5.10 Å². The largest absolute Gasteiger partial charge is 0.455 e. The number of nitrogens with two attached hydrogens (primary N) is 1. The van der Waals surface area contributed by atoms with Crippen LogP contribution < -0.4 is 11.2 Å². The van der Waals surface area contributed by atoms with Crippen LogP contribution in [0.1, 0.15) is 21.0 Å². The second-order valence-electron chi connectivity index (χ2n) is 6.32. The number of nitrogens with one attached hydrogen (secondary N) is 1. The number of nitro benzene ring substituents is 1. The third-order valence-corrected chi connectivity index (χ3v) is 5.89. The molecule has 0 aliphatic rings. The van der Waals surface area contributed by atoms with E-state index in [1.807, 2.05) is 0 Å². The molecule has 4 aromatic rings. The summed E-state index contributed by atoms with van der Waals surface area (Å²) in [5.74, 6) is 0.626. The fourth-order valence-corrected chi connectivity index (χ4v) is 4.14. The number of thiophene rings is 1. The van der Waals surface area contributed by atoms with Crippen LogP contribution in [-0.2, 0) is 0 Å². The van der Waals surface area contributed by atoms with E-state index in [1.54, 1.807) is 25.1 Å². The lowest BCUT2D eigenvalue weighted by Crippen LogP contribution is -2.17. The van der Waals surface area contributed by atoms with Gasteiger partial charge in [-0.05, 0) is 36.8 Å². The van der Waals surface area contributed by atoms with Gasteiger partial charge >= 0.3 is 0 Å². The molecule has 0 aliphatic heterocycles. The van der Waals surface area contributed by atoms with Crippen molar-refractivity contribution in [2.45, 2.75) is 6.92 Å². The van der Waals surface area contributed by atoms with E-state index < -0.39 is 10.8 Å². The molecule has 1 aromatic carbocycles. The Morgan fingerprint density at radius 2 is 2.16 bits per heavy atom. The van der Waals surface area contributed by atoms with Crippen molar-refractivity contribution in [3.63, 3.8) is 0 Å². The molecule has 3 aromatic heterocycles. The van der Waals surface area contributed by atoms with E-state index >= 15 is 0 Å². The highest BCUT2D eigenvalue weighted by Gasteiger charge is 2.18. The van der Waals surface area contributed by atoms with Crippen LogP contribution in [0.4, 0.5) is 11.5 Å². The third-order valence-electron chi connectivity index (χ3n) is 4.37. The lowest BCUT2D eigenvalue weighted by molar-refractivity contribution is -0.384. The molecule has 1 amide bonds. The number of halogens is 1. The molecule has 3 N–H and O–H groups in total. The van der Waals surface area contributed by atoms with Gasteiger partial charge in [0.05, 0.1) is 21.4 Å². The average molecular weight is 457 g/mol. The van der Waals surface area contributed by atoms with Crippen molar-refractivity contribution in [3.05, 3.63) is 68.0 Å². The number of carbonyl (C=O) groups is 1. The van der Waals surface area contributed by atoms with E-state index in [2.05, 4.69) is 20.5 Å². The number of rotatable bonds is 5. The summed E-state index contributed by atoms with van der Waals surface area (Å²) in [5, 5.41) is 15.6. The van der Waals surface area contributed by atoms with Crippen LogP contribution in [-0.4, -0.2) is 27.0 Å². The molecule has 0 unspecified atom stereocenters. The van der Waals surface area contributed by atoms with Gasteiger partial charge in [-0.1, -0.05) is 11.6 Å². The summed E-state index contributed by atoms with van der Waals surface area (Å²) in [6, 6.07) is 7.61. The number of anilines is 1. The number of aromatic nitrogens is 2. The molecule has 0 bridgehead atoms. The third kappa shape index (κ3) is 3.96. The number of benzene rings is 1. The zero-order valence-corrected chi connectivity index (χ0v) is 17.4. The summed E-state index contributed by atoms with van der Waals surface area (Å²) in [6.45, 7) is 1.77.